The molecule has 0 bridgehead atoms. The summed E-state index contributed by atoms with van der Waals surface area (Å²) in [6.07, 6.45) is 1.02. The number of benzene rings is 1. The van der Waals surface area contributed by atoms with Crippen LogP contribution in [0.3, 0.4) is 0 Å². The molecule has 1 saturated heterocycles. The molecule has 1 aromatic heterocycles. The SMILES string of the molecule is COc1ccc2[nH]c(C(=O)NCC[C@@H]3CN(C)CCO3)cc2c1. The van der Waals surface area contributed by atoms with E-state index in [1.807, 2.05) is 24.3 Å². The minimum atomic E-state index is -0.0932. The van der Waals surface area contributed by atoms with Crippen molar-refractivity contribution < 1.29 is 14.3 Å². The molecule has 2 heterocycles. The van der Waals surface area contributed by atoms with Crippen molar-refractivity contribution >= 4 is 16.8 Å². The van der Waals surface area contributed by atoms with Gasteiger partial charge in [-0.3, -0.25) is 4.79 Å². The van der Waals surface area contributed by atoms with E-state index in [-0.39, 0.29) is 12.0 Å². The minimum Gasteiger partial charge on any atom is -0.497 e. The minimum absolute atomic E-state index is 0.0932. The van der Waals surface area contributed by atoms with E-state index in [2.05, 4.69) is 22.2 Å². The lowest BCUT2D eigenvalue weighted by Gasteiger charge is -2.30. The Morgan fingerprint density at radius 2 is 2.35 bits per heavy atom. The first-order chi connectivity index (χ1) is 11.2. The van der Waals surface area contributed by atoms with Crippen LogP contribution in [0.4, 0.5) is 0 Å². The molecule has 124 valence electrons. The van der Waals surface area contributed by atoms with E-state index in [1.54, 1.807) is 7.11 Å². The van der Waals surface area contributed by atoms with Gasteiger partial charge in [-0.1, -0.05) is 0 Å². The number of nitrogens with zero attached hydrogens (tertiary/aromatic N) is 1. The molecule has 0 unspecified atom stereocenters. The fourth-order valence-corrected chi connectivity index (χ4v) is 2.84. The van der Waals surface area contributed by atoms with Crippen LogP contribution in [0.5, 0.6) is 5.75 Å². The van der Waals surface area contributed by atoms with Gasteiger partial charge in [-0.15, -0.1) is 0 Å². The van der Waals surface area contributed by atoms with Gasteiger partial charge in [-0.25, -0.2) is 0 Å². The highest BCUT2D eigenvalue weighted by Crippen LogP contribution is 2.21. The number of likely N-dealkylation sites (N-methyl/N-ethyl adjacent to an activating group) is 1. The van der Waals surface area contributed by atoms with E-state index in [4.69, 9.17) is 9.47 Å². The lowest BCUT2D eigenvalue weighted by Crippen LogP contribution is -2.41. The van der Waals surface area contributed by atoms with Crippen LogP contribution in [0.2, 0.25) is 0 Å². The predicted octanol–water partition coefficient (Wildman–Crippen LogP) is 1.63. The molecular weight excluding hydrogens is 294 g/mol. The number of carbonyl (C=O) groups excluding carboxylic acids is 1. The van der Waals surface area contributed by atoms with Crippen molar-refractivity contribution in [2.45, 2.75) is 12.5 Å². The maximum atomic E-state index is 12.2. The number of carbonyl (C=O) groups is 1. The third kappa shape index (κ3) is 3.83. The summed E-state index contributed by atoms with van der Waals surface area (Å²) >= 11 is 0. The topological polar surface area (TPSA) is 66.6 Å². The zero-order chi connectivity index (χ0) is 16.2. The summed E-state index contributed by atoms with van der Waals surface area (Å²) in [7, 11) is 3.72. The second-order valence-electron chi connectivity index (χ2n) is 5.94. The fourth-order valence-electron chi connectivity index (χ4n) is 2.84. The monoisotopic (exact) mass is 317 g/mol. The van der Waals surface area contributed by atoms with Crippen LogP contribution >= 0.6 is 0 Å². The molecule has 1 amide bonds. The van der Waals surface area contributed by atoms with Crippen molar-refractivity contribution in [3.8, 4) is 5.75 Å². The Bertz CT molecular complexity index is 683. The molecule has 1 aliphatic rings. The number of ether oxygens (including phenoxy) is 2. The van der Waals surface area contributed by atoms with E-state index in [0.29, 0.717) is 12.2 Å². The lowest BCUT2D eigenvalue weighted by atomic mass is 10.2. The van der Waals surface area contributed by atoms with Crippen molar-refractivity contribution in [1.29, 1.82) is 0 Å². The van der Waals surface area contributed by atoms with Gasteiger partial charge >= 0.3 is 0 Å². The zero-order valence-electron chi connectivity index (χ0n) is 13.6. The van der Waals surface area contributed by atoms with Crippen LogP contribution < -0.4 is 10.1 Å². The van der Waals surface area contributed by atoms with Gasteiger partial charge in [0, 0.05) is 30.5 Å². The standard InChI is InChI=1S/C17H23N3O3/c1-20-7-8-23-14(11-20)5-6-18-17(21)16-10-12-9-13(22-2)3-4-15(12)19-16/h3-4,9-10,14,19H,5-8,11H2,1-2H3,(H,18,21)/t14-/m1/s1. The van der Waals surface area contributed by atoms with Gasteiger partial charge in [0.2, 0.25) is 0 Å². The molecule has 1 fully saturated rings. The number of aromatic amines is 1. The van der Waals surface area contributed by atoms with Crippen LogP contribution in [0.1, 0.15) is 16.9 Å². The molecular formula is C17H23N3O3. The van der Waals surface area contributed by atoms with Gasteiger partial charge < -0.3 is 24.7 Å². The maximum Gasteiger partial charge on any atom is 0.267 e. The molecule has 2 aromatic rings. The average molecular weight is 317 g/mol. The number of morpholine rings is 1. The summed E-state index contributed by atoms with van der Waals surface area (Å²) in [6.45, 7) is 3.26. The summed E-state index contributed by atoms with van der Waals surface area (Å²) in [5.74, 6) is 0.686. The van der Waals surface area contributed by atoms with Gasteiger partial charge in [0.1, 0.15) is 11.4 Å². The Kier molecular flexibility index (Phi) is 4.83. The van der Waals surface area contributed by atoms with Gasteiger partial charge in [-0.05, 0) is 37.7 Å². The van der Waals surface area contributed by atoms with Gasteiger partial charge in [0.15, 0.2) is 0 Å². The van der Waals surface area contributed by atoms with Crippen molar-refractivity contribution in [2.24, 2.45) is 0 Å². The van der Waals surface area contributed by atoms with Gasteiger partial charge in [0.05, 0.1) is 19.8 Å². The van der Waals surface area contributed by atoms with Crippen LogP contribution in [0, 0.1) is 0 Å². The van der Waals surface area contributed by atoms with Crippen molar-refractivity contribution in [3.63, 3.8) is 0 Å². The number of rotatable bonds is 5. The smallest absolute Gasteiger partial charge is 0.267 e. The van der Waals surface area contributed by atoms with Crippen LogP contribution in [0.15, 0.2) is 24.3 Å². The number of H-pyrrole nitrogens is 1. The highest BCUT2D eigenvalue weighted by molar-refractivity contribution is 5.98. The molecule has 1 aromatic carbocycles. The lowest BCUT2D eigenvalue weighted by molar-refractivity contribution is -0.0226. The highest BCUT2D eigenvalue weighted by Gasteiger charge is 2.18. The molecule has 0 saturated carbocycles. The predicted molar refractivity (Wildman–Crippen MR) is 89.0 cm³/mol. The van der Waals surface area contributed by atoms with Crippen molar-refractivity contribution in [1.82, 2.24) is 15.2 Å². The average Bonchev–Trinajstić information content (AvgIpc) is 2.98. The van der Waals surface area contributed by atoms with Gasteiger partial charge in [0.25, 0.3) is 5.91 Å². The second-order valence-corrected chi connectivity index (χ2v) is 5.94. The molecule has 0 aliphatic carbocycles. The van der Waals surface area contributed by atoms with Gasteiger partial charge in [-0.2, -0.15) is 0 Å². The van der Waals surface area contributed by atoms with Crippen LogP contribution in [0.25, 0.3) is 10.9 Å². The van der Waals surface area contributed by atoms with Crippen LogP contribution in [-0.2, 0) is 4.74 Å². The molecule has 6 heteroatoms. The quantitative estimate of drug-likeness (QED) is 0.879. The number of fused-ring (bicyclic) bond motifs is 1. The molecule has 6 nitrogen and oxygen atoms in total. The van der Waals surface area contributed by atoms with Crippen molar-refractivity contribution in [2.75, 3.05) is 40.4 Å². The van der Waals surface area contributed by atoms with E-state index in [9.17, 15) is 4.79 Å². The molecule has 3 rings (SSSR count). The summed E-state index contributed by atoms with van der Waals surface area (Å²) in [6, 6.07) is 7.54. The second kappa shape index (κ2) is 7.02. The fraction of sp³-hybridized carbons (Fsp3) is 0.471. The summed E-state index contributed by atoms with van der Waals surface area (Å²) < 4.78 is 10.9. The Hall–Kier alpha value is -2.05. The number of nitrogens with one attached hydrogen (secondary N) is 2. The number of hydrogen-bond donors (Lipinski definition) is 2. The number of hydrogen-bond acceptors (Lipinski definition) is 4. The molecule has 1 aliphatic heterocycles. The third-order valence-corrected chi connectivity index (χ3v) is 4.17. The zero-order valence-corrected chi connectivity index (χ0v) is 13.6. The number of aromatic nitrogens is 1. The maximum absolute atomic E-state index is 12.2. The van der Waals surface area contributed by atoms with Crippen molar-refractivity contribution in [3.05, 3.63) is 30.0 Å². The normalized spacial score (nSPS) is 19.0. The van der Waals surface area contributed by atoms with Crippen LogP contribution in [-0.4, -0.2) is 62.3 Å². The summed E-state index contributed by atoms with van der Waals surface area (Å²) in [5.41, 5.74) is 1.49. The van der Waals surface area contributed by atoms with E-state index in [1.165, 1.54) is 0 Å². The summed E-state index contributed by atoms with van der Waals surface area (Å²) in [4.78, 5) is 17.6. The Morgan fingerprint density at radius 3 is 3.13 bits per heavy atom. The molecule has 0 spiro atoms. The molecule has 1 atom stereocenters. The molecule has 2 N–H and O–H groups in total. The van der Waals surface area contributed by atoms with E-state index >= 15 is 0 Å². The largest absolute Gasteiger partial charge is 0.497 e. The highest BCUT2D eigenvalue weighted by atomic mass is 16.5. The number of methoxy groups -OCH3 is 1. The summed E-state index contributed by atoms with van der Waals surface area (Å²) in [5, 5.41) is 3.92. The first-order valence-corrected chi connectivity index (χ1v) is 7.91. The Morgan fingerprint density at radius 1 is 1.48 bits per heavy atom. The Balaban J connectivity index is 1.55. The molecule has 0 radical (unpaired) electrons. The van der Waals surface area contributed by atoms with E-state index < -0.39 is 0 Å². The van der Waals surface area contributed by atoms with E-state index in [0.717, 1.165) is 42.8 Å². The third-order valence-electron chi connectivity index (χ3n) is 4.17. The molecule has 23 heavy (non-hydrogen) atoms. The first kappa shape index (κ1) is 15.8. The first-order valence-electron chi connectivity index (χ1n) is 7.91. The Labute approximate surface area is 135 Å². The number of amides is 1.